The maximum Gasteiger partial charge on any atom is 0.264 e. The van der Waals surface area contributed by atoms with Gasteiger partial charge in [0, 0.05) is 12.6 Å². The highest BCUT2D eigenvalue weighted by Gasteiger charge is 2.35. The molecule has 0 spiro atoms. The average Bonchev–Trinajstić information content (AvgIpc) is 3.53. The van der Waals surface area contributed by atoms with Crippen LogP contribution < -0.4 is 19.1 Å². The van der Waals surface area contributed by atoms with Crippen molar-refractivity contribution in [3.05, 3.63) is 83.9 Å². The fourth-order valence-corrected chi connectivity index (χ4v) is 6.88. The van der Waals surface area contributed by atoms with E-state index in [2.05, 4.69) is 5.32 Å². The molecule has 10 heteroatoms. The van der Waals surface area contributed by atoms with Crippen molar-refractivity contribution in [2.75, 3.05) is 25.1 Å². The van der Waals surface area contributed by atoms with Crippen LogP contribution in [0.2, 0.25) is 0 Å². The zero-order valence-electron chi connectivity index (χ0n) is 25.3. The molecule has 1 aliphatic rings. The number of amides is 2. The first-order valence-electron chi connectivity index (χ1n) is 14.6. The molecule has 1 atom stereocenters. The molecule has 43 heavy (non-hydrogen) atoms. The van der Waals surface area contributed by atoms with E-state index >= 15 is 0 Å². The van der Waals surface area contributed by atoms with E-state index in [1.165, 1.54) is 24.1 Å². The van der Waals surface area contributed by atoms with Gasteiger partial charge in [0.15, 0.2) is 0 Å². The van der Waals surface area contributed by atoms with Crippen molar-refractivity contribution in [2.24, 2.45) is 0 Å². The zero-order chi connectivity index (χ0) is 31.0. The monoisotopic (exact) mass is 607 g/mol. The minimum Gasteiger partial charge on any atom is -0.497 e. The number of anilines is 1. The molecule has 1 saturated carbocycles. The van der Waals surface area contributed by atoms with Gasteiger partial charge in [-0.15, -0.1) is 0 Å². The Hall–Kier alpha value is -4.05. The number of ether oxygens (including phenoxy) is 2. The molecule has 3 aromatic carbocycles. The number of benzene rings is 3. The molecule has 1 fully saturated rings. The Morgan fingerprint density at radius 2 is 1.63 bits per heavy atom. The summed E-state index contributed by atoms with van der Waals surface area (Å²) in [5.41, 5.74) is 1.83. The highest BCUT2D eigenvalue weighted by Crippen LogP contribution is 2.34. The van der Waals surface area contributed by atoms with E-state index in [4.69, 9.17) is 9.47 Å². The number of nitrogens with zero attached hydrogens (tertiary/aromatic N) is 2. The third kappa shape index (κ3) is 7.67. The number of rotatable bonds is 13. The number of carbonyl (C=O) groups excluding carboxylic acids is 2. The van der Waals surface area contributed by atoms with Gasteiger partial charge in [-0.25, -0.2) is 8.42 Å². The first-order valence-corrected chi connectivity index (χ1v) is 16.1. The van der Waals surface area contributed by atoms with Gasteiger partial charge in [-0.05, 0) is 73.7 Å². The Bertz CT molecular complexity index is 1490. The lowest BCUT2D eigenvalue weighted by Crippen LogP contribution is -2.53. The van der Waals surface area contributed by atoms with E-state index in [9.17, 15) is 18.0 Å². The topological polar surface area (TPSA) is 105 Å². The van der Waals surface area contributed by atoms with E-state index in [0.717, 1.165) is 41.1 Å². The average molecular weight is 608 g/mol. The van der Waals surface area contributed by atoms with Gasteiger partial charge in [0.25, 0.3) is 10.0 Å². The lowest BCUT2D eigenvalue weighted by Gasteiger charge is -2.34. The Morgan fingerprint density at radius 1 is 0.953 bits per heavy atom. The summed E-state index contributed by atoms with van der Waals surface area (Å²) in [7, 11) is -1.16. The Balaban J connectivity index is 1.75. The van der Waals surface area contributed by atoms with Crippen LogP contribution in [0.1, 0.15) is 50.2 Å². The summed E-state index contributed by atoms with van der Waals surface area (Å²) in [6.07, 6.45) is 4.29. The van der Waals surface area contributed by atoms with Crippen LogP contribution in [0.25, 0.3) is 0 Å². The molecule has 0 unspecified atom stereocenters. The summed E-state index contributed by atoms with van der Waals surface area (Å²) >= 11 is 0. The molecule has 0 aromatic heterocycles. The standard InChI is InChI=1S/C33H41N3O6S/c1-5-29(33(38)34-26-11-9-10-12-26)35(22-25-16-18-27(41-3)19-17-25)32(37)23-36(30-21-24(2)15-20-31(30)42-4)43(39,40)28-13-7-6-8-14-28/h6-8,13-21,26,29H,5,9-12,22-23H2,1-4H3,(H,34,38)/t29-/m0/s1. The van der Waals surface area contributed by atoms with E-state index in [-0.39, 0.29) is 29.1 Å². The first kappa shape index (κ1) is 31.9. The van der Waals surface area contributed by atoms with E-state index < -0.39 is 28.5 Å². The van der Waals surface area contributed by atoms with Crippen molar-refractivity contribution in [1.82, 2.24) is 10.2 Å². The van der Waals surface area contributed by atoms with Gasteiger partial charge in [-0.2, -0.15) is 0 Å². The minimum atomic E-state index is -4.20. The summed E-state index contributed by atoms with van der Waals surface area (Å²) in [6, 6.07) is 19.7. The molecular weight excluding hydrogens is 566 g/mol. The predicted molar refractivity (Wildman–Crippen MR) is 167 cm³/mol. The number of aryl methyl sites for hydroxylation is 1. The molecule has 230 valence electrons. The largest absolute Gasteiger partial charge is 0.497 e. The molecule has 0 radical (unpaired) electrons. The number of sulfonamides is 1. The Labute approximate surface area is 254 Å². The van der Waals surface area contributed by atoms with Gasteiger partial charge in [0.2, 0.25) is 11.8 Å². The van der Waals surface area contributed by atoms with Crippen molar-refractivity contribution < 1.29 is 27.5 Å². The van der Waals surface area contributed by atoms with Crippen molar-refractivity contribution in [3.8, 4) is 11.5 Å². The van der Waals surface area contributed by atoms with Crippen LogP contribution in [0.15, 0.2) is 77.7 Å². The molecule has 0 aliphatic heterocycles. The van der Waals surface area contributed by atoms with Gasteiger partial charge in [0.05, 0.1) is 24.8 Å². The fraction of sp³-hybridized carbons (Fsp3) is 0.394. The molecule has 2 amide bonds. The Morgan fingerprint density at radius 3 is 2.23 bits per heavy atom. The predicted octanol–water partition coefficient (Wildman–Crippen LogP) is 5.07. The SMILES string of the molecule is CC[C@@H](C(=O)NC1CCCC1)N(Cc1ccc(OC)cc1)C(=O)CN(c1cc(C)ccc1OC)S(=O)(=O)c1ccccc1. The Kier molecular flexibility index (Phi) is 10.7. The number of carbonyl (C=O) groups is 2. The molecule has 1 aliphatic carbocycles. The summed E-state index contributed by atoms with van der Waals surface area (Å²) in [4.78, 5) is 29.5. The van der Waals surface area contributed by atoms with Crippen molar-refractivity contribution in [2.45, 2.75) is 69.5 Å². The van der Waals surface area contributed by atoms with Crippen molar-refractivity contribution >= 4 is 27.5 Å². The highest BCUT2D eigenvalue weighted by atomic mass is 32.2. The second-order valence-electron chi connectivity index (χ2n) is 10.8. The summed E-state index contributed by atoms with van der Waals surface area (Å²) in [5.74, 6) is 0.235. The van der Waals surface area contributed by atoms with E-state index in [1.54, 1.807) is 49.6 Å². The maximum atomic E-state index is 14.3. The van der Waals surface area contributed by atoms with Crippen LogP contribution in [0, 0.1) is 6.92 Å². The molecule has 9 nitrogen and oxygen atoms in total. The van der Waals surface area contributed by atoms with Crippen molar-refractivity contribution in [1.29, 1.82) is 0 Å². The smallest absolute Gasteiger partial charge is 0.264 e. The van der Waals surface area contributed by atoms with Crippen LogP contribution >= 0.6 is 0 Å². The van der Waals surface area contributed by atoms with Crippen LogP contribution in [0.5, 0.6) is 11.5 Å². The number of hydrogen-bond acceptors (Lipinski definition) is 6. The second-order valence-corrected chi connectivity index (χ2v) is 12.6. The number of hydrogen-bond donors (Lipinski definition) is 1. The van der Waals surface area contributed by atoms with E-state index in [1.807, 2.05) is 32.0 Å². The zero-order valence-corrected chi connectivity index (χ0v) is 26.1. The quantitative estimate of drug-likeness (QED) is 0.291. The fourth-order valence-electron chi connectivity index (χ4n) is 5.44. The van der Waals surface area contributed by atoms with Gasteiger partial charge in [-0.1, -0.05) is 56.2 Å². The molecule has 0 heterocycles. The lowest BCUT2D eigenvalue weighted by molar-refractivity contribution is -0.140. The highest BCUT2D eigenvalue weighted by molar-refractivity contribution is 7.92. The number of methoxy groups -OCH3 is 2. The molecule has 3 aromatic rings. The van der Waals surface area contributed by atoms with Gasteiger partial charge in [0.1, 0.15) is 24.1 Å². The molecule has 0 saturated heterocycles. The molecule has 0 bridgehead atoms. The minimum absolute atomic E-state index is 0.0408. The molecule has 4 rings (SSSR count). The molecule has 1 N–H and O–H groups in total. The third-order valence-corrected chi connectivity index (χ3v) is 9.59. The van der Waals surface area contributed by atoms with Gasteiger partial charge < -0.3 is 19.7 Å². The normalized spacial score (nSPS) is 14.1. The summed E-state index contributed by atoms with van der Waals surface area (Å²) < 4.78 is 40.1. The summed E-state index contributed by atoms with van der Waals surface area (Å²) in [5, 5.41) is 3.13. The maximum absolute atomic E-state index is 14.3. The van der Waals surface area contributed by atoms with E-state index in [0.29, 0.717) is 17.9 Å². The van der Waals surface area contributed by atoms with Gasteiger partial charge in [-0.3, -0.25) is 13.9 Å². The van der Waals surface area contributed by atoms with Crippen LogP contribution in [0.4, 0.5) is 5.69 Å². The summed E-state index contributed by atoms with van der Waals surface area (Å²) in [6.45, 7) is 3.29. The lowest BCUT2D eigenvalue weighted by atomic mass is 10.1. The van der Waals surface area contributed by atoms with Crippen LogP contribution in [-0.2, 0) is 26.2 Å². The molecular formula is C33H41N3O6S. The first-order chi connectivity index (χ1) is 20.7. The second kappa shape index (κ2) is 14.4. The number of nitrogens with one attached hydrogen (secondary N) is 1. The van der Waals surface area contributed by atoms with Gasteiger partial charge >= 0.3 is 0 Å². The van der Waals surface area contributed by atoms with Crippen LogP contribution in [-0.4, -0.2) is 58.0 Å². The van der Waals surface area contributed by atoms with Crippen molar-refractivity contribution in [3.63, 3.8) is 0 Å². The third-order valence-electron chi connectivity index (χ3n) is 7.81. The van der Waals surface area contributed by atoms with Crippen LogP contribution in [0.3, 0.4) is 0 Å².